The van der Waals surface area contributed by atoms with E-state index >= 15 is 0 Å². The van der Waals surface area contributed by atoms with Gasteiger partial charge in [0, 0.05) is 18.4 Å². The van der Waals surface area contributed by atoms with Crippen molar-refractivity contribution in [3.05, 3.63) is 81.7 Å². The number of aryl methyl sites for hydroxylation is 1. The number of hydrogen-bond donors (Lipinski definition) is 2. The van der Waals surface area contributed by atoms with Crippen LogP contribution in [0.15, 0.2) is 48.0 Å². The van der Waals surface area contributed by atoms with E-state index in [1.807, 2.05) is 13.0 Å². The van der Waals surface area contributed by atoms with Gasteiger partial charge >= 0.3 is 12.4 Å². The zero-order valence-corrected chi connectivity index (χ0v) is 20.0. The van der Waals surface area contributed by atoms with Crippen LogP contribution in [0.2, 0.25) is 0 Å². The standard InChI is InChI=1S/C26H27F7N2O/c1-15-10-21(27)4-5-22(15)24(3,18-6-8-34-9-7-18)14-23(36)35-16(2)17-11-19(25(28,29)30)13-20(12-17)26(31,32)33/h4-6,10-13,16,34H,7-9,14H2,1-3H3,(H,35,36). The monoisotopic (exact) mass is 516 g/mol. The normalized spacial score (nSPS) is 17.2. The van der Waals surface area contributed by atoms with Crippen LogP contribution in [-0.2, 0) is 22.6 Å². The molecular formula is C26H27F7N2O. The third kappa shape index (κ3) is 6.27. The predicted octanol–water partition coefficient (Wildman–Crippen LogP) is 6.62. The Morgan fingerprint density at radius 1 is 1.03 bits per heavy atom. The molecule has 0 radical (unpaired) electrons. The molecule has 1 aliphatic heterocycles. The maximum absolute atomic E-state index is 13.8. The Labute approximate surface area is 204 Å². The maximum atomic E-state index is 13.8. The third-order valence-corrected chi connectivity index (χ3v) is 6.56. The van der Waals surface area contributed by atoms with Crippen molar-refractivity contribution < 1.29 is 35.5 Å². The van der Waals surface area contributed by atoms with Crippen LogP contribution in [0, 0.1) is 12.7 Å². The molecule has 0 aliphatic carbocycles. The first-order valence-corrected chi connectivity index (χ1v) is 11.4. The molecule has 2 atom stereocenters. The molecule has 2 aromatic carbocycles. The summed E-state index contributed by atoms with van der Waals surface area (Å²) < 4.78 is 93.3. The highest BCUT2D eigenvalue weighted by molar-refractivity contribution is 5.79. The lowest BCUT2D eigenvalue weighted by atomic mass is 9.69. The number of nitrogens with one attached hydrogen (secondary N) is 2. The van der Waals surface area contributed by atoms with E-state index in [1.165, 1.54) is 19.1 Å². The summed E-state index contributed by atoms with van der Waals surface area (Å²) >= 11 is 0. The van der Waals surface area contributed by atoms with Gasteiger partial charge in [-0.15, -0.1) is 0 Å². The van der Waals surface area contributed by atoms with E-state index in [2.05, 4.69) is 10.6 Å². The zero-order valence-electron chi connectivity index (χ0n) is 20.0. The van der Waals surface area contributed by atoms with Crippen LogP contribution in [-0.4, -0.2) is 19.0 Å². The van der Waals surface area contributed by atoms with E-state index in [9.17, 15) is 35.5 Å². The molecule has 1 amide bonds. The maximum Gasteiger partial charge on any atom is 0.416 e. The lowest BCUT2D eigenvalue weighted by Gasteiger charge is -2.36. The van der Waals surface area contributed by atoms with Gasteiger partial charge in [0.05, 0.1) is 17.2 Å². The number of amides is 1. The van der Waals surface area contributed by atoms with Crippen LogP contribution in [0.4, 0.5) is 30.7 Å². The Morgan fingerprint density at radius 2 is 1.64 bits per heavy atom. The average molecular weight is 517 g/mol. The van der Waals surface area contributed by atoms with Crippen molar-refractivity contribution in [1.82, 2.24) is 10.6 Å². The zero-order chi connectivity index (χ0) is 26.9. The summed E-state index contributed by atoms with van der Waals surface area (Å²) in [6, 6.07) is 4.41. The molecule has 1 heterocycles. The van der Waals surface area contributed by atoms with Crippen molar-refractivity contribution in [2.45, 2.75) is 57.4 Å². The molecule has 2 unspecified atom stereocenters. The van der Waals surface area contributed by atoms with Gasteiger partial charge in [-0.05, 0) is 73.8 Å². The largest absolute Gasteiger partial charge is 0.416 e. The molecule has 196 valence electrons. The molecule has 3 nitrogen and oxygen atoms in total. The summed E-state index contributed by atoms with van der Waals surface area (Å²) in [5.41, 5.74) is -1.76. The van der Waals surface area contributed by atoms with Gasteiger partial charge < -0.3 is 10.6 Å². The predicted molar refractivity (Wildman–Crippen MR) is 122 cm³/mol. The SMILES string of the molecule is Cc1cc(F)ccc1C(C)(CC(=O)NC(C)c1cc(C(F)(F)F)cc(C(F)(F)F)c1)C1=CCNCC1. The minimum Gasteiger partial charge on any atom is -0.350 e. The van der Waals surface area contributed by atoms with Crippen LogP contribution in [0.3, 0.4) is 0 Å². The Balaban J connectivity index is 1.92. The second kappa shape index (κ2) is 10.2. The van der Waals surface area contributed by atoms with Crippen LogP contribution >= 0.6 is 0 Å². The van der Waals surface area contributed by atoms with Crippen LogP contribution in [0.5, 0.6) is 0 Å². The highest BCUT2D eigenvalue weighted by atomic mass is 19.4. The average Bonchev–Trinajstić information content (AvgIpc) is 2.78. The number of benzene rings is 2. The molecule has 0 saturated carbocycles. The molecule has 0 fully saturated rings. The van der Waals surface area contributed by atoms with Crippen molar-refractivity contribution in [1.29, 1.82) is 0 Å². The van der Waals surface area contributed by atoms with Gasteiger partial charge in [-0.2, -0.15) is 26.3 Å². The topological polar surface area (TPSA) is 41.1 Å². The van der Waals surface area contributed by atoms with Crippen molar-refractivity contribution in [3.63, 3.8) is 0 Å². The molecule has 0 bridgehead atoms. The highest BCUT2D eigenvalue weighted by Gasteiger charge is 2.38. The molecule has 1 aliphatic rings. The molecule has 2 aromatic rings. The quantitative estimate of drug-likeness (QED) is 0.335. The Morgan fingerprint density at radius 3 is 2.14 bits per heavy atom. The van der Waals surface area contributed by atoms with Crippen molar-refractivity contribution in [2.24, 2.45) is 0 Å². The van der Waals surface area contributed by atoms with E-state index < -0.39 is 46.7 Å². The van der Waals surface area contributed by atoms with E-state index in [1.54, 1.807) is 13.0 Å². The summed E-state index contributed by atoms with van der Waals surface area (Å²) in [7, 11) is 0. The number of alkyl halides is 6. The lowest BCUT2D eigenvalue weighted by molar-refractivity contribution is -0.143. The van der Waals surface area contributed by atoms with E-state index in [-0.39, 0.29) is 18.1 Å². The summed E-state index contributed by atoms with van der Waals surface area (Å²) in [4.78, 5) is 13.1. The first-order chi connectivity index (χ1) is 16.6. The number of rotatable bonds is 6. The lowest BCUT2D eigenvalue weighted by Crippen LogP contribution is -2.38. The van der Waals surface area contributed by atoms with E-state index in [0.29, 0.717) is 37.2 Å². The highest BCUT2D eigenvalue weighted by Crippen LogP contribution is 2.40. The molecule has 3 rings (SSSR count). The molecule has 0 aromatic heterocycles. The summed E-state index contributed by atoms with van der Waals surface area (Å²) in [5, 5.41) is 5.74. The van der Waals surface area contributed by atoms with Crippen molar-refractivity contribution in [2.75, 3.05) is 13.1 Å². The number of carbonyl (C=O) groups is 1. The van der Waals surface area contributed by atoms with E-state index in [0.717, 1.165) is 11.1 Å². The van der Waals surface area contributed by atoms with Gasteiger partial charge in [-0.1, -0.05) is 24.6 Å². The van der Waals surface area contributed by atoms with Gasteiger partial charge in [0.15, 0.2) is 0 Å². The molecule has 2 N–H and O–H groups in total. The fourth-order valence-electron chi connectivity index (χ4n) is 4.68. The summed E-state index contributed by atoms with van der Waals surface area (Å²) in [6.07, 6.45) is -7.52. The van der Waals surface area contributed by atoms with Gasteiger partial charge in [0.2, 0.25) is 5.91 Å². The second-order valence-corrected chi connectivity index (χ2v) is 9.28. The van der Waals surface area contributed by atoms with Crippen molar-refractivity contribution >= 4 is 5.91 Å². The fourth-order valence-corrected chi connectivity index (χ4v) is 4.68. The van der Waals surface area contributed by atoms with Gasteiger partial charge in [-0.25, -0.2) is 4.39 Å². The first-order valence-electron chi connectivity index (χ1n) is 11.4. The van der Waals surface area contributed by atoms with Gasteiger partial charge in [0.25, 0.3) is 0 Å². The minimum atomic E-state index is -4.99. The molecule has 10 heteroatoms. The Hall–Kier alpha value is -2.88. The molecule has 36 heavy (non-hydrogen) atoms. The molecular weight excluding hydrogens is 489 g/mol. The number of carbonyl (C=O) groups excluding carboxylic acids is 1. The van der Waals surface area contributed by atoms with E-state index in [4.69, 9.17) is 0 Å². The van der Waals surface area contributed by atoms with Gasteiger partial charge in [-0.3, -0.25) is 4.79 Å². The van der Waals surface area contributed by atoms with Crippen molar-refractivity contribution in [3.8, 4) is 0 Å². The fraction of sp³-hybridized carbons (Fsp3) is 0.423. The summed E-state index contributed by atoms with van der Waals surface area (Å²) in [6.45, 7) is 6.14. The molecule has 0 saturated heterocycles. The minimum absolute atomic E-state index is 0.0516. The smallest absolute Gasteiger partial charge is 0.350 e. The van der Waals surface area contributed by atoms with Gasteiger partial charge in [0.1, 0.15) is 5.82 Å². The Kier molecular flexibility index (Phi) is 7.88. The third-order valence-electron chi connectivity index (χ3n) is 6.56. The van der Waals surface area contributed by atoms with Crippen LogP contribution in [0.25, 0.3) is 0 Å². The summed E-state index contributed by atoms with van der Waals surface area (Å²) in [5.74, 6) is -0.986. The number of hydrogen-bond acceptors (Lipinski definition) is 2. The van der Waals surface area contributed by atoms with Crippen LogP contribution in [0.1, 0.15) is 60.5 Å². The first kappa shape index (κ1) is 27.7. The number of halogens is 7. The second-order valence-electron chi connectivity index (χ2n) is 9.28. The Bertz CT molecular complexity index is 1120. The molecule has 0 spiro atoms. The van der Waals surface area contributed by atoms with Crippen LogP contribution < -0.4 is 10.6 Å².